The number of aryl methyl sites for hydroxylation is 1. The first-order valence-corrected chi connectivity index (χ1v) is 8.19. The molecule has 0 aliphatic carbocycles. The monoisotopic (exact) mass is 373 g/mol. The predicted molar refractivity (Wildman–Crippen MR) is 81.9 cm³/mol. The molecule has 0 spiro atoms. The normalized spacial score (nSPS) is 11.2. The van der Waals surface area contributed by atoms with Crippen LogP contribution in [-0.2, 0) is 10.0 Å². The number of sulfonamides is 1. The molecule has 0 bridgehead atoms. The van der Waals surface area contributed by atoms with Crippen LogP contribution in [0.25, 0.3) is 0 Å². The molecule has 1 aromatic heterocycles. The smallest absolute Gasteiger partial charge is 0.335 e. The van der Waals surface area contributed by atoms with Gasteiger partial charge in [-0.3, -0.25) is 5.32 Å². The van der Waals surface area contributed by atoms with Crippen molar-refractivity contribution in [3.8, 4) is 6.01 Å². The molecule has 134 valence electrons. The van der Waals surface area contributed by atoms with Crippen molar-refractivity contribution < 1.29 is 26.7 Å². The zero-order valence-corrected chi connectivity index (χ0v) is 13.8. The van der Waals surface area contributed by atoms with Crippen LogP contribution in [0.15, 0.2) is 29.2 Å². The van der Waals surface area contributed by atoms with Crippen molar-refractivity contribution in [1.29, 1.82) is 0 Å². The average molecular weight is 373 g/mol. The lowest BCUT2D eigenvalue weighted by Crippen LogP contribution is -2.35. The summed E-state index contributed by atoms with van der Waals surface area (Å²) in [6.45, 7) is 1.50. The summed E-state index contributed by atoms with van der Waals surface area (Å²) in [5, 5.41) is 2.07. The molecule has 25 heavy (non-hydrogen) atoms. The van der Waals surface area contributed by atoms with Crippen molar-refractivity contribution in [2.75, 3.05) is 12.4 Å². The lowest BCUT2D eigenvalue weighted by atomic mass is 10.2. The molecule has 1 heterocycles. The van der Waals surface area contributed by atoms with Gasteiger partial charge in [-0.25, -0.2) is 26.7 Å². The summed E-state index contributed by atoms with van der Waals surface area (Å²) in [5.74, 6) is -0.0488. The third-order valence-corrected chi connectivity index (χ3v) is 4.21. The van der Waals surface area contributed by atoms with Gasteiger partial charge >= 0.3 is 12.0 Å². The number of alkyl halides is 2. The van der Waals surface area contributed by atoms with E-state index in [0.717, 1.165) is 12.1 Å². The molecule has 0 aliphatic heterocycles. The number of aromatic nitrogens is 3. The van der Waals surface area contributed by atoms with Gasteiger partial charge in [0.15, 0.2) is 0 Å². The number of methoxy groups -OCH3 is 1. The van der Waals surface area contributed by atoms with E-state index in [4.69, 9.17) is 4.74 Å². The largest absolute Gasteiger partial charge is 0.467 e. The second-order valence-corrected chi connectivity index (χ2v) is 6.24. The van der Waals surface area contributed by atoms with Crippen LogP contribution in [-0.4, -0.2) is 36.5 Å². The maximum atomic E-state index is 12.9. The maximum Gasteiger partial charge on any atom is 0.335 e. The quantitative estimate of drug-likeness (QED) is 0.816. The van der Waals surface area contributed by atoms with Crippen LogP contribution in [0.1, 0.15) is 17.8 Å². The van der Waals surface area contributed by atoms with Gasteiger partial charge in [0.05, 0.1) is 12.0 Å². The molecule has 0 saturated heterocycles. The highest BCUT2D eigenvalue weighted by Crippen LogP contribution is 2.25. The van der Waals surface area contributed by atoms with Gasteiger partial charge < -0.3 is 4.74 Å². The van der Waals surface area contributed by atoms with E-state index in [9.17, 15) is 22.0 Å². The van der Waals surface area contributed by atoms with Crippen LogP contribution in [0, 0.1) is 6.92 Å². The van der Waals surface area contributed by atoms with Crippen molar-refractivity contribution in [3.05, 3.63) is 35.7 Å². The molecule has 2 N–H and O–H groups in total. The van der Waals surface area contributed by atoms with E-state index >= 15 is 0 Å². The van der Waals surface area contributed by atoms with Crippen molar-refractivity contribution in [1.82, 2.24) is 19.7 Å². The number of anilines is 1. The lowest BCUT2D eigenvalue weighted by molar-refractivity contribution is 0.148. The summed E-state index contributed by atoms with van der Waals surface area (Å²) in [7, 11) is -3.23. The first kappa shape index (κ1) is 18.4. The fraction of sp³-hybridized carbons (Fsp3) is 0.231. The van der Waals surface area contributed by atoms with Crippen LogP contribution in [0.4, 0.5) is 19.5 Å². The maximum absolute atomic E-state index is 12.9. The fourth-order valence-electron chi connectivity index (χ4n) is 1.81. The molecular formula is C13H13F2N5O4S. The molecule has 2 rings (SSSR count). The van der Waals surface area contributed by atoms with Crippen molar-refractivity contribution in [2.45, 2.75) is 18.2 Å². The van der Waals surface area contributed by atoms with Gasteiger partial charge in [-0.15, -0.1) is 0 Å². The lowest BCUT2D eigenvalue weighted by Gasteiger charge is -2.11. The SMILES string of the molecule is COc1nc(C)nc(NC(=O)NS(=O)(=O)c2ccccc2C(F)F)n1. The summed E-state index contributed by atoms with van der Waals surface area (Å²) in [6.07, 6.45) is -3.02. The number of nitrogens with zero attached hydrogens (tertiary/aromatic N) is 3. The Balaban J connectivity index is 2.21. The minimum atomic E-state index is -4.53. The zero-order valence-electron chi connectivity index (χ0n) is 13.0. The van der Waals surface area contributed by atoms with Crippen LogP contribution in [0.3, 0.4) is 0 Å². The van der Waals surface area contributed by atoms with E-state index < -0.39 is 32.9 Å². The highest BCUT2D eigenvalue weighted by molar-refractivity contribution is 7.90. The Morgan fingerprint density at radius 1 is 1.20 bits per heavy atom. The Bertz CT molecular complexity index is 892. The molecule has 9 nitrogen and oxygen atoms in total. The zero-order chi connectivity index (χ0) is 18.6. The Hall–Kier alpha value is -2.89. The number of rotatable bonds is 5. The number of ether oxygens (including phenoxy) is 1. The molecule has 0 unspecified atom stereocenters. The highest BCUT2D eigenvalue weighted by atomic mass is 32.2. The number of nitrogens with one attached hydrogen (secondary N) is 2. The molecule has 12 heteroatoms. The van der Waals surface area contributed by atoms with Crippen molar-refractivity contribution in [2.24, 2.45) is 0 Å². The number of halogens is 2. The van der Waals surface area contributed by atoms with E-state index in [2.05, 4.69) is 20.3 Å². The number of amides is 2. The van der Waals surface area contributed by atoms with E-state index in [0.29, 0.717) is 0 Å². The summed E-state index contributed by atoms with van der Waals surface area (Å²) >= 11 is 0. The van der Waals surface area contributed by atoms with Gasteiger partial charge in [0.1, 0.15) is 5.82 Å². The van der Waals surface area contributed by atoms with Gasteiger partial charge in [-0.2, -0.15) is 15.0 Å². The average Bonchev–Trinajstić information content (AvgIpc) is 2.53. The highest BCUT2D eigenvalue weighted by Gasteiger charge is 2.25. The Kier molecular flexibility index (Phi) is 5.41. The van der Waals surface area contributed by atoms with E-state index in [-0.39, 0.29) is 17.8 Å². The van der Waals surface area contributed by atoms with Crippen molar-refractivity contribution in [3.63, 3.8) is 0 Å². The number of carbonyl (C=O) groups excluding carboxylic acids is 1. The fourth-order valence-corrected chi connectivity index (χ4v) is 2.94. The van der Waals surface area contributed by atoms with E-state index in [1.54, 1.807) is 4.72 Å². The molecule has 0 aliphatic rings. The minimum Gasteiger partial charge on any atom is -0.467 e. The first-order valence-electron chi connectivity index (χ1n) is 6.70. The van der Waals surface area contributed by atoms with Crippen LogP contribution < -0.4 is 14.8 Å². The molecule has 2 aromatic rings. The third kappa shape index (κ3) is 4.56. The minimum absolute atomic E-state index is 0.0892. The number of urea groups is 1. The van der Waals surface area contributed by atoms with E-state index in [1.165, 1.54) is 26.2 Å². The molecule has 0 saturated carbocycles. The molecule has 1 aromatic carbocycles. The molecule has 0 fully saturated rings. The van der Waals surface area contributed by atoms with Gasteiger partial charge in [-0.1, -0.05) is 18.2 Å². The Labute approximate surface area is 141 Å². The summed E-state index contributed by atoms with van der Waals surface area (Å²) in [6, 6.07) is 3.13. The number of hydrogen-bond donors (Lipinski definition) is 2. The van der Waals surface area contributed by atoms with Gasteiger partial charge in [0, 0.05) is 5.56 Å². The molecular weight excluding hydrogens is 360 g/mol. The predicted octanol–water partition coefficient (Wildman–Crippen LogP) is 1.64. The topological polar surface area (TPSA) is 123 Å². The summed E-state index contributed by atoms with van der Waals surface area (Å²) < 4.78 is 56.6. The first-order chi connectivity index (χ1) is 11.7. The van der Waals surface area contributed by atoms with Crippen LogP contribution in [0.2, 0.25) is 0 Å². The Morgan fingerprint density at radius 2 is 1.88 bits per heavy atom. The standard InChI is InChI=1S/C13H13F2N5O4S/c1-7-16-11(19-13(17-7)24-2)18-12(21)20-25(22,23)9-6-4-3-5-8(9)10(14)15/h3-6,10H,1-2H3,(H2,16,17,18,19,20,21). The van der Waals surface area contributed by atoms with E-state index in [1.807, 2.05) is 0 Å². The Morgan fingerprint density at radius 3 is 2.52 bits per heavy atom. The van der Waals surface area contributed by atoms with Gasteiger partial charge in [-0.05, 0) is 13.0 Å². The summed E-state index contributed by atoms with van der Waals surface area (Å²) in [5.41, 5.74) is -0.722. The second-order valence-electron chi connectivity index (χ2n) is 4.59. The van der Waals surface area contributed by atoms with Crippen LogP contribution in [0.5, 0.6) is 6.01 Å². The number of benzene rings is 1. The third-order valence-electron chi connectivity index (χ3n) is 2.81. The molecule has 2 amide bonds. The molecule has 0 atom stereocenters. The number of hydrogen-bond acceptors (Lipinski definition) is 7. The van der Waals surface area contributed by atoms with Gasteiger partial charge in [0.25, 0.3) is 16.4 Å². The van der Waals surface area contributed by atoms with Crippen LogP contribution >= 0.6 is 0 Å². The van der Waals surface area contributed by atoms with Gasteiger partial charge in [0.2, 0.25) is 5.95 Å². The second kappa shape index (κ2) is 7.34. The molecule has 0 radical (unpaired) electrons. The van der Waals surface area contributed by atoms with Crippen molar-refractivity contribution >= 4 is 22.0 Å². The number of carbonyl (C=O) groups is 1. The summed E-state index contributed by atoms with van der Waals surface area (Å²) in [4.78, 5) is 22.4.